The van der Waals surface area contributed by atoms with Crippen molar-refractivity contribution in [2.75, 3.05) is 12.9 Å². The number of benzene rings is 1. The highest BCUT2D eigenvalue weighted by molar-refractivity contribution is 8.14. The summed E-state index contributed by atoms with van der Waals surface area (Å²) in [6, 6.07) is 7.62. The lowest BCUT2D eigenvalue weighted by atomic mass is 10.2. The van der Waals surface area contributed by atoms with Crippen LogP contribution in [0.25, 0.3) is 0 Å². The second-order valence-corrected chi connectivity index (χ2v) is 4.60. The van der Waals surface area contributed by atoms with E-state index >= 15 is 0 Å². The number of ether oxygens (including phenoxy) is 1. The molecule has 0 aliphatic carbocycles. The van der Waals surface area contributed by atoms with Gasteiger partial charge < -0.3 is 10.5 Å². The number of hydrazine groups is 1. The van der Waals surface area contributed by atoms with Crippen LogP contribution in [0.3, 0.4) is 0 Å². The van der Waals surface area contributed by atoms with Crippen LogP contribution in [0.15, 0.2) is 29.3 Å². The quantitative estimate of drug-likeness (QED) is 0.733. The normalized spacial score (nSPS) is 18.1. The molecule has 2 rings (SSSR count). The number of hydrogen-bond acceptors (Lipinski definition) is 6. The molecule has 1 heterocycles. The molecule has 0 aromatic heterocycles. The average molecular weight is 266 g/mol. The number of amidine groups is 1. The lowest BCUT2D eigenvalue weighted by molar-refractivity contribution is -0.115. The van der Waals surface area contributed by atoms with Gasteiger partial charge in [-0.3, -0.25) is 10.2 Å². The third-order valence-corrected chi connectivity index (χ3v) is 3.25. The van der Waals surface area contributed by atoms with Crippen molar-refractivity contribution in [1.29, 1.82) is 0 Å². The maximum Gasteiger partial charge on any atom is 0.227 e. The van der Waals surface area contributed by atoms with Crippen molar-refractivity contribution in [1.82, 2.24) is 10.9 Å². The Balaban J connectivity index is 1.99. The first-order valence-electron chi connectivity index (χ1n) is 5.33. The van der Waals surface area contributed by atoms with Gasteiger partial charge >= 0.3 is 0 Å². The van der Waals surface area contributed by atoms with Crippen LogP contribution in [0, 0.1) is 0 Å². The van der Waals surface area contributed by atoms with Crippen molar-refractivity contribution in [3.05, 3.63) is 29.8 Å². The van der Waals surface area contributed by atoms with E-state index in [0.29, 0.717) is 5.17 Å². The number of thioether (sulfide) groups is 1. The van der Waals surface area contributed by atoms with Gasteiger partial charge in [0.25, 0.3) is 0 Å². The van der Waals surface area contributed by atoms with E-state index in [0.717, 1.165) is 11.3 Å². The summed E-state index contributed by atoms with van der Waals surface area (Å²) in [4.78, 5) is 15.1. The molecule has 6 nitrogen and oxygen atoms in total. The monoisotopic (exact) mass is 266 g/mol. The van der Waals surface area contributed by atoms with E-state index in [2.05, 4.69) is 15.8 Å². The molecule has 96 valence electrons. The van der Waals surface area contributed by atoms with Crippen molar-refractivity contribution in [2.45, 2.75) is 6.17 Å². The SMILES string of the molecule is COc1ccc(C2N=C(SCC(N)=O)NN2)cc1. The van der Waals surface area contributed by atoms with E-state index in [1.165, 1.54) is 11.8 Å². The Hall–Kier alpha value is -1.73. The fraction of sp³-hybridized carbons (Fsp3) is 0.273. The number of carbonyl (C=O) groups is 1. The molecule has 0 saturated carbocycles. The highest BCUT2D eigenvalue weighted by Gasteiger charge is 2.18. The highest BCUT2D eigenvalue weighted by atomic mass is 32.2. The number of aliphatic imine (C=N–C) groups is 1. The van der Waals surface area contributed by atoms with Crippen molar-refractivity contribution >= 4 is 22.8 Å². The molecule has 1 unspecified atom stereocenters. The molecule has 7 heteroatoms. The van der Waals surface area contributed by atoms with Crippen molar-refractivity contribution in [3.63, 3.8) is 0 Å². The molecule has 4 N–H and O–H groups in total. The van der Waals surface area contributed by atoms with Crippen LogP contribution in [-0.4, -0.2) is 23.9 Å². The minimum absolute atomic E-state index is 0.161. The predicted molar refractivity (Wildman–Crippen MR) is 71.1 cm³/mol. The number of methoxy groups -OCH3 is 1. The first-order chi connectivity index (χ1) is 8.69. The molecule has 1 aromatic rings. The smallest absolute Gasteiger partial charge is 0.227 e. The van der Waals surface area contributed by atoms with E-state index in [4.69, 9.17) is 10.5 Å². The Kier molecular flexibility index (Phi) is 4.06. The maximum atomic E-state index is 10.7. The first kappa shape index (κ1) is 12.7. The summed E-state index contributed by atoms with van der Waals surface area (Å²) in [5.41, 5.74) is 12.0. The van der Waals surface area contributed by atoms with Crippen LogP contribution in [0.1, 0.15) is 11.7 Å². The van der Waals surface area contributed by atoms with Crippen LogP contribution >= 0.6 is 11.8 Å². The summed E-state index contributed by atoms with van der Waals surface area (Å²) in [6.45, 7) is 0. The van der Waals surface area contributed by atoms with Crippen LogP contribution in [-0.2, 0) is 4.79 Å². The number of nitrogens with two attached hydrogens (primary N) is 1. The minimum Gasteiger partial charge on any atom is -0.497 e. The molecule has 0 spiro atoms. The summed E-state index contributed by atoms with van der Waals surface area (Å²) >= 11 is 1.28. The summed E-state index contributed by atoms with van der Waals surface area (Å²) in [5, 5.41) is 0.662. The third-order valence-electron chi connectivity index (χ3n) is 2.34. The van der Waals surface area contributed by atoms with E-state index in [9.17, 15) is 4.79 Å². The summed E-state index contributed by atoms with van der Waals surface area (Å²) in [7, 11) is 1.63. The fourth-order valence-electron chi connectivity index (χ4n) is 1.47. The zero-order valence-electron chi connectivity index (χ0n) is 9.84. The van der Waals surface area contributed by atoms with Gasteiger partial charge in [0.2, 0.25) is 5.91 Å². The first-order valence-corrected chi connectivity index (χ1v) is 6.32. The maximum absolute atomic E-state index is 10.7. The van der Waals surface area contributed by atoms with Gasteiger partial charge in [-0.25, -0.2) is 10.4 Å². The van der Waals surface area contributed by atoms with Crippen LogP contribution < -0.4 is 21.3 Å². The van der Waals surface area contributed by atoms with Crippen molar-refractivity contribution in [2.24, 2.45) is 10.7 Å². The molecule has 1 aromatic carbocycles. The molecule has 0 bridgehead atoms. The van der Waals surface area contributed by atoms with Gasteiger partial charge in [0, 0.05) is 0 Å². The molecule has 18 heavy (non-hydrogen) atoms. The molecule has 1 atom stereocenters. The van der Waals surface area contributed by atoms with Gasteiger partial charge in [-0.05, 0) is 17.7 Å². The number of rotatable bonds is 4. The predicted octanol–water partition coefficient (Wildman–Crippen LogP) is 0.376. The molecular weight excluding hydrogens is 252 g/mol. The van der Waals surface area contributed by atoms with E-state index in [1.54, 1.807) is 7.11 Å². The average Bonchev–Trinajstić information content (AvgIpc) is 2.85. The molecule has 1 amide bonds. The standard InChI is InChI=1S/C11H14N4O2S/c1-17-8-4-2-7(3-5-8)10-13-11(15-14-10)18-6-9(12)16/h2-5,10,14H,6H2,1H3,(H2,12,16)(H,13,15). The van der Waals surface area contributed by atoms with E-state index < -0.39 is 0 Å². The number of primary amides is 1. The number of nitrogens with one attached hydrogen (secondary N) is 2. The number of hydrogen-bond donors (Lipinski definition) is 3. The topological polar surface area (TPSA) is 88.7 Å². The van der Waals surface area contributed by atoms with Gasteiger partial charge in [-0.15, -0.1) is 0 Å². The van der Waals surface area contributed by atoms with Gasteiger partial charge in [-0.1, -0.05) is 23.9 Å². The fourth-order valence-corrected chi connectivity index (χ4v) is 2.06. The van der Waals surface area contributed by atoms with Crippen LogP contribution in [0.4, 0.5) is 0 Å². The molecular formula is C11H14N4O2S. The Bertz CT molecular complexity index is 461. The van der Waals surface area contributed by atoms with Gasteiger partial charge in [0.1, 0.15) is 11.9 Å². The number of nitrogens with zero attached hydrogens (tertiary/aromatic N) is 1. The summed E-state index contributed by atoms with van der Waals surface area (Å²) < 4.78 is 5.09. The van der Waals surface area contributed by atoms with E-state index in [1.807, 2.05) is 24.3 Å². The summed E-state index contributed by atoms with van der Waals surface area (Å²) in [5.74, 6) is 0.650. The Morgan fingerprint density at radius 1 is 1.50 bits per heavy atom. The second-order valence-electron chi connectivity index (χ2n) is 3.63. The number of amides is 1. The Morgan fingerprint density at radius 3 is 2.83 bits per heavy atom. The Labute approximate surface area is 109 Å². The van der Waals surface area contributed by atoms with Crippen LogP contribution in [0.5, 0.6) is 5.75 Å². The zero-order valence-corrected chi connectivity index (χ0v) is 10.7. The lowest BCUT2D eigenvalue weighted by Gasteiger charge is -2.08. The minimum atomic E-state index is -0.364. The largest absolute Gasteiger partial charge is 0.497 e. The van der Waals surface area contributed by atoms with Crippen LogP contribution in [0.2, 0.25) is 0 Å². The molecule has 1 aliphatic heterocycles. The van der Waals surface area contributed by atoms with Gasteiger partial charge in [-0.2, -0.15) is 0 Å². The van der Waals surface area contributed by atoms with Gasteiger partial charge in [0.15, 0.2) is 5.17 Å². The second kappa shape index (κ2) is 5.74. The molecule has 0 fully saturated rings. The Morgan fingerprint density at radius 2 is 2.22 bits per heavy atom. The molecule has 0 saturated heterocycles. The van der Waals surface area contributed by atoms with Crippen molar-refractivity contribution < 1.29 is 9.53 Å². The number of carbonyl (C=O) groups excluding carboxylic acids is 1. The van der Waals surface area contributed by atoms with Crippen molar-refractivity contribution in [3.8, 4) is 5.75 Å². The van der Waals surface area contributed by atoms with Gasteiger partial charge in [0.05, 0.1) is 12.9 Å². The molecule has 0 radical (unpaired) electrons. The lowest BCUT2D eigenvalue weighted by Crippen LogP contribution is -2.30. The zero-order chi connectivity index (χ0) is 13.0. The third kappa shape index (κ3) is 3.14. The molecule has 1 aliphatic rings. The summed E-state index contributed by atoms with van der Waals surface area (Å²) in [6.07, 6.45) is -0.161. The van der Waals surface area contributed by atoms with E-state index in [-0.39, 0.29) is 17.8 Å². The highest BCUT2D eigenvalue weighted by Crippen LogP contribution is 2.21.